The van der Waals surface area contributed by atoms with E-state index in [1.165, 1.54) is 0 Å². The van der Waals surface area contributed by atoms with E-state index in [1.54, 1.807) is 30.2 Å². The van der Waals surface area contributed by atoms with Crippen LogP contribution < -0.4 is 5.32 Å². The van der Waals surface area contributed by atoms with Crippen molar-refractivity contribution < 1.29 is 4.79 Å². The van der Waals surface area contributed by atoms with E-state index in [0.717, 1.165) is 34.6 Å². The number of aromatic amines is 2. The number of carbonyl (C=O) groups excluding carboxylic acids is 1. The maximum absolute atomic E-state index is 12.8. The summed E-state index contributed by atoms with van der Waals surface area (Å²) in [4.78, 5) is 24.8. The quantitative estimate of drug-likeness (QED) is 0.446. The Morgan fingerprint density at radius 2 is 2.04 bits per heavy atom. The first-order valence-electron chi connectivity index (χ1n) is 8.95. The van der Waals surface area contributed by atoms with E-state index >= 15 is 0 Å². The maximum atomic E-state index is 12.8. The molecule has 0 aliphatic carbocycles. The molecular weight excluding hydrogens is 372 g/mol. The predicted molar refractivity (Wildman–Crippen MR) is 111 cm³/mol. The van der Waals surface area contributed by atoms with Gasteiger partial charge in [0.25, 0.3) is 5.91 Å². The van der Waals surface area contributed by atoms with Gasteiger partial charge in [-0.15, -0.1) is 0 Å². The van der Waals surface area contributed by atoms with Gasteiger partial charge in [-0.1, -0.05) is 12.1 Å². The van der Waals surface area contributed by atoms with Crippen LogP contribution >= 0.6 is 11.8 Å². The number of rotatable bonds is 7. The van der Waals surface area contributed by atoms with E-state index in [1.807, 2.05) is 42.7 Å². The third-order valence-corrected chi connectivity index (χ3v) is 5.10. The molecule has 0 aliphatic heterocycles. The first-order chi connectivity index (χ1) is 13.7. The third kappa shape index (κ3) is 3.91. The summed E-state index contributed by atoms with van der Waals surface area (Å²) in [6.07, 6.45) is 6.22. The molecule has 28 heavy (non-hydrogen) atoms. The van der Waals surface area contributed by atoms with Crippen LogP contribution in [0.4, 0.5) is 0 Å². The Kier molecular flexibility index (Phi) is 5.38. The fourth-order valence-electron chi connectivity index (χ4n) is 3.00. The lowest BCUT2D eigenvalue weighted by Gasteiger charge is -2.15. The molecule has 142 valence electrons. The third-order valence-electron chi connectivity index (χ3n) is 4.45. The summed E-state index contributed by atoms with van der Waals surface area (Å²) in [5.74, 6) is 1.46. The number of hydrogen-bond acceptors (Lipinski definition) is 5. The summed E-state index contributed by atoms with van der Waals surface area (Å²) in [7, 11) is 0. The fourth-order valence-corrected chi connectivity index (χ4v) is 3.47. The van der Waals surface area contributed by atoms with Crippen molar-refractivity contribution in [2.45, 2.75) is 12.5 Å². The molecular formula is C20H20N6OS. The average Bonchev–Trinajstić information content (AvgIpc) is 3.39. The maximum Gasteiger partial charge on any atom is 0.269 e. The minimum Gasteiger partial charge on any atom is -0.341 e. The molecule has 7 nitrogen and oxygen atoms in total. The van der Waals surface area contributed by atoms with Crippen molar-refractivity contribution in [3.8, 4) is 11.3 Å². The second-order valence-corrected chi connectivity index (χ2v) is 7.34. The molecule has 0 radical (unpaired) electrons. The number of fused-ring (bicyclic) bond motifs is 1. The highest BCUT2D eigenvalue weighted by Gasteiger charge is 2.20. The van der Waals surface area contributed by atoms with E-state index in [9.17, 15) is 4.79 Å². The fraction of sp³-hybridized carbons (Fsp3) is 0.200. The number of thioether (sulfide) groups is 1. The molecule has 0 saturated carbocycles. The van der Waals surface area contributed by atoms with Crippen molar-refractivity contribution in [1.29, 1.82) is 0 Å². The summed E-state index contributed by atoms with van der Waals surface area (Å²) >= 11 is 1.74. The minimum atomic E-state index is -0.209. The monoisotopic (exact) mass is 392 g/mol. The molecule has 3 aromatic heterocycles. The highest BCUT2D eigenvalue weighted by molar-refractivity contribution is 7.98. The molecule has 4 aromatic rings. The summed E-state index contributed by atoms with van der Waals surface area (Å²) in [6, 6.07) is 13.1. The standard InChI is InChI=1S/C20H20N6OS/c1-28-11-8-16(19-22-14-4-2-3-5-15(14)23-19)24-20(27)18-12-17(25-26-18)13-6-9-21-10-7-13/h2-7,9-10,12,16H,8,11H2,1H3,(H,22,23)(H,24,27)(H,25,26)/t16-/m0/s1. The highest BCUT2D eigenvalue weighted by atomic mass is 32.2. The van der Waals surface area contributed by atoms with E-state index in [2.05, 4.69) is 30.5 Å². The number of nitrogens with one attached hydrogen (secondary N) is 3. The number of H-pyrrole nitrogens is 2. The zero-order chi connectivity index (χ0) is 19.3. The van der Waals surface area contributed by atoms with Crippen molar-refractivity contribution in [3.05, 3.63) is 66.4 Å². The Balaban J connectivity index is 1.55. The zero-order valence-corrected chi connectivity index (χ0v) is 16.2. The Labute approximate surface area is 166 Å². The number of carbonyl (C=O) groups is 1. The molecule has 0 bridgehead atoms. The molecule has 1 amide bonds. The van der Waals surface area contributed by atoms with Gasteiger partial charge >= 0.3 is 0 Å². The number of imidazole rings is 1. The molecule has 0 fully saturated rings. The van der Waals surface area contributed by atoms with Gasteiger partial charge < -0.3 is 10.3 Å². The lowest BCUT2D eigenvalue weighted by atomic mass is 10.2. The highest BCUT2D eigenvalue weighted by Crippen LogP contribution is 2.21. The average molecular weight is 392 g/mol. The lowest BCUT2D eigenvalue weighted by molar-refractivity contribution is 0.0929. The molecule has 1 aromatic carbocycles. The number of pyridine rings is 1. The summed E-state index contributed by atoms with van der Waals surface area (Å²) in [5, 5.41) is 10.1. The molecule has 1 atom stereocenters. The Morgan fingerprint density at radius 3 is 2.82 bits per heavy atom. The summed E-state index contributed by atoms with van der Waals surface area (Å²) in [6.45, 7) is 0. The molecule has 0 aliphatic rings. The van der Waals surface area contributed by atoms with Crippen molar-refractivity contribution in [1.82, 2.24) is 30.5 Å². The Bertz CT molecular complexity index is 1040. The number of hydrogen-bond donors (Lipinski definition) is 3. The molecule has 0 saturated heterocycles. The zero-order valence-electron chi connectivity index (χ0n) is 15.3. The Hall–Kier alpha value is -3.13. The Morgan fingerprint density at radius 1 is 1.21 bits per heavy atom. The van der Waals surface area contributed by atoms with Gasteiger partial charge in [-0.2, -0.15) is 16.9 Å². The van der Waals surface area contributed by atoms with Gasteiger partial charge in [-0.05, 0) is 48.8 Å². The molecule has 0 spiro atoms. The number of para-hydroxylation sites is 2. The van der Waals surface area contributed by atoms with Crippen molar-refractivity contribution >= 4 is 28.7 Å². The van der Waals surface area contributed by atoms with Crippen LogP contribution in [0.25, 0.3) is 22.3 Å². The SMILES string of the molecule is CSCC[C@H](NC(=O)c1cc(-c2ccncc2)n[nH]1)c1nc2ccccc2[nH]1. The van der Waals surface area contributed by atoms with Gasteiger partial charge in [-0.3, -0.25) is 14.9 Å². The van der Waals surface area contributed by atoms with E-state index in [-0.39, 0.29) is 11.9 Å². The molecule has 3 heterocycles. The second-order valence-electron chi connectivity index (χ2n) is 6.35. The van der Waals surface area contributed by atoms with Gasteiger partial charge in [0.15, 0.2) is 0 Å². The van der Waals surface area contributed by atoms with Crippen LogP contribution in [0.2, 0.25) is 0 Å². The number of benzene rings is 1. The molecule has 0 unspecified atom stereocenters. The van der Waals surface area contributed by atoms with Crippen LogP contribution in [-0.4, -0.2) is 43.1 Å². The van der Waals surface area contributed by atoms with Crippen LogP contribution in [0.1, 0.15) is 28.8 Å². The van der Waals surface area contributed by atoms with Gasteiger partial charge in [-0.25, -0.2) is 4.98 Å². The van der Waals surface area contributed by atoms with Crippen molar-refractivity contribution in [3.63, 3.8) is 0 Å². The normalized spacial score (nSPS) is 12.2. The summed E-state index contributed by atoms with van der Waals surface area (Å²) in [5.41, 5.74) is 3.88. The van der Waals surface area contributed by atoms with Crippen LogP contribution in [0.5, 0.6) is 0 Å². The first-order valence-corrected chi connectivity index (χ1v) is 10.3. The molecule has 3 N–H and O–H groups in total. The second kappa shape index (κ2) is 8.26. The molecule has 4 rings (SSSR count). The van der Waals surface area contributed by atoms with Crippen LogP contribution in [-0.2, 0) is 0 Å². The topological polar surface area (TPSA) is 99.3 Å². The van der Waals surface area contributed by atoms with Crippen molar-refractivity contribution in [2.24, 2.45) is 0 Å². The number of aromatic nitrogens is 5. The minimum absolute atomic E-state index is 0.208. The summed E-state index contributed by atoms with van der Waals surface area (Å²) < 4.78 is 0. The van der Waals surface area contributed by atoms with Crippen molar-refractivity contribution in [2.75, 3.05) is 12.0 Å². The van der Waals surface area contributed by atoms with E-state index < -0.39 is 0 Å². The van der Waals surface area contributed by atoms with Gasteiger partial charge in [0.1, 0.15) is 11.5 Å². The molecule has 8 heteroatoms. The van der Waals surface area contributed by atoms with E-state index in [4.69, 9.17) is 0 Å². The van der Waals surface area contributed by atoms with Crippen LogP contribution in [0.3, 0.4) is 0 Å². The first kappa shape index (κ1) is 18.2. The smallest absolute Gasteiger partial charge is 0.269 e. The lowest BCUT2D eigenvalue weighted by Crippen LogP contribution is -2.30. The predicted octanol–water partition coefficient (Wildman–Crippen LogP) is 3.57. The van der Waals surface area contributed by atoms with Gasteiger partial charge in [0.05, 0.1) is 22.8 Å². The van der Waals surface area contributed by atoms with Crippen LogP contribution in [0.15, 0.2) is 54.9 Å². The van der Waals surface area contributed by atoms with E-state index in [0.29, 0.717) is 11.4 Å². The number of amides is 1. The largest absolute Gasteiger partial charge is 0.341 e. The van der Waals surface area contributed by atoms with Gasteiger partial charge in [0.2, 0.25) is 0 Å². The van der Waals surface area contributed by atoms with Crippen LogP contribution in [0, 0.1) is 0 Å². The number of nitrogens with zero attached hydrogens (tertiary/aromatic N) is 3. The van der Waals surface area contributed by atoms with Gasteiger partial charge in [0, 0.05) is 18.0 Å².